The van der Waals surface area contributed by atoms with Crippen molar-refractivity contribution >= 4 is 34.9 Å². The summed E-state index contributed by atoms with van der Waals surface area (Å²) in [7, 11) is 1.54. The topological polar surface area (TPSA) is 114 Å². The van der Waals surface area contributed by atoms with Crippen molar-refractivity contribution in [2.75, 3.05) is 32.1 Å². The maximum atomic E-state index is 12.5. The summed E-state index contributed by atoms with van der Waals surface area (Å²) in [5, 5.41) is 17.0. The summed E-state index contributed by atoms with van der Waals surface area (Å²) in [6, 6.07) is 10.9. The highest BCUT2D eigenvalue weighted by molar-refractivity contribution is 6.31. The first kappa shape index (κ1) is 22.4. The number of nitro groups is 1. The average Bonchev–Trinajstić information content (AvgIpc) is 2.77. The smallest absolute Gasteiger partial charge is 0.321 e. The monoisotopic (exact) mass is 446 g/mol. The van der Waals surface area contributed by atoms with Gasteiger partial charge in [-0.2, -0.15) is 0 Å². The van der Waals surface area contributed by atoms with Gasteiger partial charge in [0.05, 0.1) is 17.7 Å². The Kier molecular flexibility index (Phi) is 7.30. The zero-order valence-corrected chi connectivity index (χ0v) is 17.7. The van der Waals surface area contributed by atoms with Gasteiger partial charge in [0.2, 0.25) is 0 Å². The predicted molar refractivity (Wildman–Crippen MR) is 117 cm³/mol. The van der Waals surface area contributed by atoms with E-state index in [9.17, 15) is 19.7 Å². The molecular weight excluding hydrogens is 424 g/mol. The van der Waals surface area contributed by atoms with Crippen LogP contribution in [0.5, 0.6) is 5.75 Å². The van der Waals surface area contributed by atoms with Crippen LogP contribution in [0.2, 0.25) is 5.02 Å². The van der Waals surface area contributed by atoms with Gasteiger partial charge in [-0.1, -0.05) is 23.7 Å². The number of benzene rings is 2. The molecule has 0 saturated carbocycles. The fourth-order valence-corrected chi connectivity index (χ4v) is 3.64. The van der Waals surface area contributed by atoms with Crippen LogP contribution in [0.25, 0.3) is 0 Å². The molecular formula is C21H23ClN4O5. The van der Waals surface area contributed by atoms with Crippen LogP contribution >= 0.6 is 11.6 Å². The lowest BCUT2D eigenvalue weighted by Gasteiger charge is -2.32. The van der Waals surface area contributed by atoms with E-state index in [1.165, 1.54) is 18.2 Å². The molecule has 1 saturated heterocycles. The first-order chi connectivity index (χ1) is 14.9. The van der Waals surface area contributed by atoms with Crippen LogP contribution in [0.15, 0.2) is 42.5 Å². The molecule has 2 N–H and O–H groups in total. The third-order valence-corrected chi connectivity index (χ3v) is 5.44. The summed E-state index contributed by atoms with van der Waals surface area (Å²) in [4.78, 5) is 37.2. The van der Waals surface area contributed by atoms with Crippen molar-refractivity contribution in [3.63, 3.8) is 0 Å². The van der Waals surface area contributed by atoms with E-state index in [0.717, 1.165) is 0 Å². The number of ether oxygens (including phenoxy) is 1. The number of carbonyl (C=O) groups is 2. The molecule has 1 heterocycles. The number of nitrogens with one attached hydrogen (secondary N) is 2. The number of anilines is 1. The van der Waals surface area contributed by atoms with Gasteiger partial charge in [-0.15, -0.1) is 0 Å². The summed E-state index contributed by atoms with van der Waals surface area (Å²) >= 11 is 5.88. The molecule has 2 aromatic carbocycles. The molecule has 9 nitrogen and oxygen atoms in total. The van der Waals surface area contributed by atoms with Gasteiger partial charge in [-0.05, 0) is 43.0 Å². The van der Waals surface area contributed by atoms with Crippen LogP contribution < -0.4 is 15.4 Å². The molecule has 10 heteroatoms. The fraction of sp³-hybridized carbons (Fsp3) is 0.333. The Hall–Kier alpha value is -3.33. The highest BCUT2D eigenvalue weighted by atomic mass is 35.5. The van der Waals surface area contributed by atoms with Gasteiger partial charge in [-0.25, -0.2) is 4.79 Å². The molecule has 164 valence electrons. The second-order valence-corrected chi connectivity index (χ2v) is 7.63. The number of rotatable bonds is 6. The number of nitro benzene ring substituents is 1. The molecule has 2 aromatic rings. The predicted octanol–water partition coefficient (Wildman–Crippen LogP) is 3.93. The van der Waals surface area contributed by atoms with Gasteiger partial charge < -0.3 is 20.3 Å². The summed E-state index contributed by atoms with van der Waals surface area (Å²) in [5.74, 6) is 0.214. The third kappa shape index (κ3) is 5.64. The molecule has 0 unspecified atom stereocenters. The van der Waals surface area contributed by atoms with Crippen LogP contribution in [0.1, 0.15) is 23.2 Å². The number of amides is 3. The molecule has 1 aliphatic rings. The van der Waals surface area contributed by atoms with E-state index in [-0.39, 0.29) is 28.2 Å². The van der Waals surface area contributed by atoms with Crippen molar-refractivity contribution in [1.82, 2.24) is 10.2 Å². The summed E-state index contributed by atoms with van der Waals surface area (Å²) in [6.07, 6.45) is 1.41. The van der Waals surface area contributed by atoms with Crippen molar-refractivity contribution < 1.29 is 19.2 Å². The molecule has 0 atom stereocenters. The highest BCUT2D eigenvalue weighted by Crippen LogP contribution is 2.25. The molecule has 0 radical (unpaired) electrons. The fourth-order valence-electron chi connectivity index (χ4n) is 3.46. The Morgan fingerprint density at radius 1 is 1.23 bits per heavy atom. The minimum absolute atomic E-state index is 0.0638. The van der Waals surface area contributed by atoms with Gasteiger partial charge in [0.1, 0.15) is 11.3 Å². The standard InChI is InChI=1S/C21H23ClN4O5/c1-31-19-5-3-2-4-17(19)24-21(28)25-10-8-14(9-11-25)13-23-20(27)16-12-15(22)6-7-18(16)26(29)30/h2-7,12,14H,8-11,13H2,1H3,(H,23,27)(H,24,28). The second-order valence-electron chi connectivity index (χ2n) is 7.19. The molecule has 0 aliphatic carbocycles. The summed E-state index contributed by atoms with van der Waals surface area (Å²) in [5.41, 5.74) is 0.253. The number of methoxy groups -OCH3 is 1. The molecule has 0 aromatic heterocycles. The largest absolute Gasteiger partial charge is 0.495 e. The molecule has 0 spiro atoms. The minimum atomic E-state index is -0.607. The summed E-state index contributed by atoms with van der Waals surface area (Å²) < 4.78 is 5.25. The molecule has 1 aliphatic heterocycles. The van der Waals surface area contributed by atoms with Crippen LogP contribution in [-0.4, -0.2) is 48.5 Å². The van der Waals surface area contributed by atoms with Crippen molar-refractivity contribution in [3.05, 3.63) is 63.2 Å². The van der Waals surface area contributed by atoms with E-state index in [1.807, 2.05) is 12.1 Å². The molecule has 3 amide bonds. The maximum absolute atomic E-state index is 12.5. The maximum Gasteiger partial charge on any atom is 0.321 e. The van der Waals surface area contributed by atoms with Crippen molar-refractivity contribution in [1.29, 1.82) is 0 Å². The number of piperidine rings is 1. The van der Waals surface area contributed by atoms with E-state index >= 15 is 0 Å². The van der Waals surface area contributed by atoms with Crippen LogP contribution in [-0.2, 0) is 0 Å². The van der Waals surface area contributed by atoms with E-state index in [1.54, 1.807) is 24.1 Å². The Balaban J connectivity index is 1.50. The second kappa shape index (κ2) is 10.1. The number of likely N-dealkylation sites (tertiary alicyclic amines) is 1. The SMILES string of the molecule is COc1ccccc1NC(=O)N1CCC(CNC(=O)c2cc(Cl)ccc2[N+](=O)[O-])CC1. The number of para-hydroxylation sites is 2. The lowest BCUT2D eigenvalue weighted by molar-refractivity contribution is -0.385. The molecule has 31 heavy (non-hydrogen) atoms. The Morgan fingerprint density at radius 2 is 1.94 bits per heavy atom. The summed E-state index contributed by atoms with van der Waals surface area (Å²) in [6.45, 7) is 1.45. The third-order valence-electron chi connectivity index (χ3n) is 5.20. The van der Waals surface area contributed by atoms with E-state index in [4.69, 9.17) is 16.3 Å². The number of halogens is 1. The number of hydrogen-bond acceptors (Lipinski definition) is 5. The van der Waals surface area contributed by atoms with Gasteiger partial charge in [-0.3, -0.25) is 14.9 Å². The molecule has 3 rings (SSSR count). The zero-order valence-electron chi connectivity index (χ0n) is 17.0. The van der Waals surface area contributed by atoms with Crippen LogP contribution in [0.4, 0.5) is 16.2 Å². The normalized spacial score (nSPS) is 14.1. The Bertz CT molecular complexity index is 976. The average molecular weight is 447 g/mol. The lowest BCUT2D eigenvalue weighted by Crippen LogP contribution is -2.43. The number of carbonyl (C=O) groups excluding carboxylic acids is 2. The van der Waals surface area contributed by atoms with E-state index in [2.05, 4.69) is 10.6 Å². The van der Waals surface area contributed by atoms with Gasteiger partial charge >= 0.3 is 6.03 Å². The number of hydrogen-bond donors (Lipinski definition) is 2. The first-order valence-electron chi connectivity index (χ1n) is 9.80. The quantitative estimate of drug-likeness (QED) is 0.515. The van der Waals surface area contributed by atoms with E-state index in [0.29, 0.717) is 43.9 Å². The van der Waals surface area contributed by atoms with Crippen LogP contribution in [0.3, 0.4) is 0 Å². The Labute approximate surface area is 184 Å². The van der Waals surface area contributed by atoms with Crippen LogP contribution in [0, 0.1) is 16.0 Å². The van der Waals surface area contributed by atoms with Crippen molar-refractivity contribution in [2.24, 2.45) is 5.92 Å². The highest BCUT2D eigenvalue weighted by Gasteiger charge is 2.25. The first-order valence-corrected chi connectivity index (χ1v) is 10.2. The van der Waals surface area contributed by atoms with Gasteiger partial charge in [0.25, 0.3) is 11.6 Å². The zero-order chi connectivity index (χ0) is 22.4. The van der Waals surface area contributed by atoms with Crippen molar-refractivity contribution in [2.45, 2.75) is 12.8 Å². The molecule has 0 bridgehead atoms. The van der Waals surface area contributed by atoms with E-state index < -0.39 is 10.8 Å². The number of urea groups is 1. The Morgan fingerprint density at radius 3 is 2.61 bits per heavy atom. The number of nitrogens with zero attached hydrogens (tertiary/aromatic N) is 2. The van der Waals surface area contributed by atoms with Crippen molar-refractivity contribution in [3.8, 4) is 5.75 Å². The lowest BCUT2D eigenvalue weighted by atomic mass is 9.97. The van der Waals surface area contributed by atoms with Gasteiger partial charge in [0.15, 0.2) is 0 Å². The van der Waals surface area contributed by atoms with Gasteiger partial charge in [0, 0.05) is 30.7 Å². The molecule has 1 fully saturated rings. The minimum Gasteiger partial charge on any atom is -0.495 e.